The van der Waals surface area contributed by atoms with Crippen molar-refractivity contribution < 1.29 is 9.84 Å². The van der Waals surface area contributed by atoms with E-state index in [1.807, 2.05) is 6.92 Å². The smallest absolute Gasteiger partial charge is 0.125 e. The Balaban J connectivity index is 2.23. The molecule has 0 aliphatic heterocycles. The van der Waals surface area contributed by atoms with Gasteiger partial charge in [0.05, 0.1) is 11.5 Å². The lowest BCUT2D eigenvalue weighted by Gasteiger charge is -2.35. The monoisotopic (exact) mass is 241 g/mol. The maximum absolute atomic E-state index is 9.09. The number of thiazole rings is 1. The van der Waals surface area contributed by atoms with E-state index in [4.69, 9.17) is 9.84 Å². The van der Waals surface area contributed by atoms with Crippen molar-refractivity contribution >= 4 is 11.3 Å². The molecule has 1 N–H and O–H groups in total. The summed E-state index contributed by atoms with van der Waals surface area (Å²) in [5.41, 5.74) is -0.162. The number of rotatable bonds is 4. The van der Waals surface area contributed by atoms with Gasteiger partial charge in [-0.25, -0.2) is 4.98 Å². The van der Waals surface area contributed by atoms with E-state index in [1.165, 1.54) is 19.3 Å². The molecule has 1 heterocycles. The van der Waals surface area contributed by atoms with Gasteiger partial charge in [-0.3, -0.25) is 0 Å². The van der Waals surface area contributed by atoms with Crippen LogP contribution in [0.15, 0.2) is 6.20 Å². The molecule has 1 aromatic heterocycles. The predicted octanol–water partition coefficient (Wildman–Crippen LogP) is 2.83. The quantitative estimate of drug-likeness (QED) is 0.881. The summed E-state index contributed by atoms with van der Waals surface area (Å²) in [4.78, 5) is 5.37. The van der Waals surface area contributed by atoms with Crippen molar-refractivity contribution in [2.45, 2.75) is 51.2 Å². The van der Waals surface area contributed by atoms with Gasteiger partial charge in [-0.05, 0) is 19.8 Å². The topological polar surface area (TPSA) is 42.4 Å². The van der Waals surface area contributed by atoms with E-state index in [1.54, 1.807) is 17.5 Å². The van der Waals surface area contributed by atoms with Gasteiger partial charge in [0.25, 0.3) is 0 Å². The van der Waals surface area contributed by atoms with Gasteiger partial charge < -0.3 is 9.84 Å². The van der Waals surface area contributed by atoms with E-state index >= 15 is 0 Å². The molecule has 0 radical (unpaired) electrons. The van der Waals surface area contributed by atoms with Crippen molar-refractivity contribution in [1.82, 2.24) is 4.98 Å². The second-order valence-corrected chi connectivity index (χ2v) is 5.39. The zero-order chi connectivity index (χ0) is 11.4. The van der Waals surface area contributed by atoms with Crippen LogP contribution >= 0.6 is 11.3 Å². The summed E-state index contributed by atoms with van der Waals surface area (Å²) in [5, 5.41) is 10.1. The van der Waals surface area contributed by atoms with E-state index in [-0.39, 0.29) is 12.2 Å². The van der Waals surface area contributed by atoms with E-state index in [2.05, 4.69) is 4.98 Å². The summed E-state index contributed by atoms with van der Waals surface area (Å²) in [6, 6.07) is 0. The number of hydrogen-bond donors (Lipinski definition) is 1. The van der Waals surface area contributed by atoms with Crippen LogP contribution in [0.4, 0.5) is 0 Å². The molecule has 0 saturated heterocycles. The van der Waals surface area contributed by atoms with Crippen LogP contribution in [0.1, 0.15) is 48.9 Å². The molecule has 4 heteroatoms. The van der Waals surface area contributed by atoms with Crippen LogP contribution < -0.4 is 0 Å². The number of aromatic nitrogens is 1. The zero-order valence-electron chi connectivity index (χ0n) is 9.74. The lowest BCUT2D eigenvalue weighted by molar-refractivity contribution is -0.0704. The minimum absolute atomic E-state index is 0.0832. The van der Waals surface area contributed by atoms with Gasteiger partial charge in [0.2, 0.25) is 0 Å². The average Bonchev–Trinajstić information content (AvgIpc) is 2.80. The molecule has 90 valence electrons. The fraction of sp³-hybridized carbons (Fsp3) is 0.750. The molecule has 1 aromatic rings. The van der Waals surface area contributed by atoms with Crippen LogP contribution in [0.2, 0.25) is 0 Å². The molecule has 0 bridgehead atoms. The normalized spacial score (nSPS) is 19.9. The molecule has 2 rings (SSSR count). The first kappa shape index (κ1) is 12.0. The van der Waals surface area contributed by atoms with Crippen molar-refractivity contribution in [1.29, 1.82) is 0 Å². The molecule has 0 aromatic carbocycles. The lowest BCUT2D eigenvalue weighted by atomic mass is 9.85. The van der Waals surface area contributed by atoms with Crippen molar-refractivity contribution in [3.63, 3.8) is 0 Å². The highest BCUT2D eigenvalue weighted by atomic mass is 32.1. The molecule has 3 nitrogen and oxygen atoms in total. The maximum Gasteiger partial charge on any atom is 0.125 e. The van der Waals surface area contributed by atoms with Crippen LogP contribution in [0, 0.1) is 0 Å². The Morgan fingerprint density at radius 2 is 2.19 bits per heavy atom. The Kier molecular flexibility index (Phi) is 3.95. The Bertz CT molecular complexity index is 326. The SMILES string of the molecule is CCOC1(c2ncc(CO)s2)CCCCC1. The van der Waals surface area contributed by atoms with E-state index < -0.39 is 0 Å². The average molecular weight is 241 g/mol. The standard InChI is InChI=1S/C12H19NO2S/c1-2-15-12(6-4-3-5-7-12)11-13-8-10(9-14)16-11/h8,14H,2-7,9H2,1H3. The Morgan fingerprint density at radius 1 is 1.44 bits per heavy atom. The summed E-state index contributed by atoms with van der Waals surface area (Å²) in [5.74, 6) is 0. The zero-order valence-corrected chi connectivity index (χ0v) is 10.6. The van der Waals surface area contributed by atoms with Gasteiger partial charge in [0, 0.05) is 12.8 Å². The minimum Gasteiger partial charge on any atom is -0.391 e. The molecular formula is C12H19NO2S. The number of ether oxygens (including phenoxy) is 1. The number of aliphatic hydroxyl groups excluding tert-OH is 1. The molecule has 1 aliphatic rings. The molecular weight excluding hydrogens is 222 g/mol. The molecule has 1 aliphatic carbocycles. The number of nitrogens with zero attached hydrogens (tertiary/aromatic N) is 1. The van der Waals surface area contributed by atoms with Crippen LogP contribution in [-0.4, -0.2) is 16.7 Å². The van der Waals surface area contributed by atoms with Crippen molar-refractivity contribution in [2.24, 2.45) is 0 Å². The van der Waals surface area contributed by atoms with Crippen LogP contribution in [0.5, 0.6) is 0 Å². The molecule has 1 saturated carbocycles. The number of aliphatic hydroxyl groups is 1. The lowest BCUT2D eigenvalue weighted by Crippen LogP contribution is -2.32. The van der Waals surface area contributed by atoms with Crippen LogP contribution in [-0.2, 0) is 16.9 Å². The Morgan fingerprint density at radius 3 is 2.75 bits per heavy atom. The fourth-order valence-corrected chi connectivity index (χ4v) is 3.38. The Hall–Kier alpha value is -0.450. The first-order valence-corrected chi connectivity index (χ1v) is 6.82. The summed E-state index contributed by atoms with van der Waals surface area (Å²) in [7, 11) is 0. The molecule has 0 spiro atoms. The summed E-state index contributed by atoms with van der Waals surface area (Å²) < 4.78 is 5.98. The minimum atomic E-state index is -0.162. The molecule has 16 heavy (non-hydrogen) atoms. The van der Waals surface area contributed by atoms with Crippen molar-refractivity contribution in [3.8, 4) is 0 Å². The third-order valence-corrected chi connectivity index (χ3v) is 4.35. The first-order valence-electron chi connectivity index (χ1n) is 6.01. The van der Waals surface area contributed by atoms with Crippen LogP contribution in [0.25, 0.3) is 0 Å². The van der Waals surface area contributed by atoms with Gasteiger partial charge in [0.1, 0.15) is 10.6 Å². The van der Waals surface area contributed by atoms with Crippen molar-refractivity contribution in [3.05, 3.63) is 16.1 Å². The molecule has 0 amide bonds. The largest absolute Gasteiger partial charge is 0.391 e. The van der Waals surface area contributed by atoms with E-state index in [0.717, 1.165) is 29.3 Å². The number of hydrogen-bond acceptors (Lipinski definition) is 4. The third kappa shape index (κ3) is 2.29. The second-order valence-electron chi connectivity index (χ2n) is 4.28. The molecule has 1 fully saturated rings. The fourth-order valence-electron chi connectivity index (χ4n) is 2.41. The van der Waals surface area contributed by atoms with Gasteiger partial charge in [-0.1, -0.05) is 19.3 Å². The van der Waals surface area contributed by atoms with Gasteiger partial charge in [-0.2, -0.15) is 0 Å². The van der Waals surface area contributed by atoms with Crippen molar-refractivity contribution in [2.75, 3.05) is 6.61 Å². The summed E-state index contributed by atoms with van der Waals surface area (Å²) in [6.07, 6.45) is 7.64. The van der Waals surface area contributed by atoms with Gasteiger partial charge in [0.15, 0.2) is 0 Å². The van der Waals surface area contributed by atoms with E-state index in [0.29, 0.717) is 0 Å². The van der Waals surface area contributed by atoms with Gasteiger partial charge >= 0.3 is 0 Å². The highest BCUT2D eigenvalue weighted by Crippen LogP contribution is 2.42. The van der Waals surface area contributed by atoms with E-state index in [9.17, 15) is 0 Å². The second kappa shape index (κ2) is 5.25. The predicted molar refractivity (Wildman–Crippen MR) is 64.4 cm³/mol. The summed E-state index contributed by atoms with van der Waals surface area (Å²) >= 11 is 1.59. The molecule has 0 unspecified atom stereocenters. The van der Waals surface area contributed by atoms with Gasteiger partial charge in [-0.15, -0.1) is 11.3 Å². The summed E-state index contributed by atoms with van der Waals surface area (Å²) in [6.45, 7) is 2.85. The third-order valence-electron chi connectivity index (χ3n) is 3.18. The van der Waals surface area contributed by atoms with Crippen LogP contribution in [0.3, 0.4) is 0 Å². The Labute approximate surface area is 100 Å². The highest BCUT2D eigenvalue weighted by molar-refractivity contribution is 7.11. The highest BCUT2D eigenvalue weighted by Gasteiger charge is 2.37. The maximum atomic E-state index is 9.09. The first-order chi connectivity index (χ1) is 7.80. The molecule has 0 atom stereocenters.